The average Bonchev–Trinajstić information content (AvgIpc) is 2.92. The number of hydrogen-bond acceptors (Lipinski definition) is 8. The molecular formula is C25H20ClN7O3. The number of morpholine rings is 1. The second-order valence-electron chi connectivity index (χ2n) is 8.42. The molecule has 5 aromatic rings. The first-order valence-electron chi connectivity index (χ1n) is 11.3. The molecule has 1 fully saturated rings. The van der Waals surface area contributed by atoms with Gasteiger partial charge in [0.15, 0.2) is 0 Å². The standard InChI is InChI=1S/C25H20ClN7O3/c1-31-23(34)18-14-27-20-6-5-19(15-12-28-24(29-13-15)32-7-9-36-10-8-32)30-21(20)22(18)33(25(31)35)17-4-2-3-16(26)11-17/h2-6,11-14H,7-10H2,1H3. The van der Waals surface area contributed by atoms with E-state index in [1.54, 1.807) is 42.7 Å². The van der Waals surface area contributed by atoms with Crippen LogP contribution in [0.3, 0.4) is 0 Å². The van der Waals surface area contributed by atoms with E-state index in [0.717, 1.165) is 17.7 Å². The summed E-state index contributed by atoms with van der Waals surface area (Å²) in [6.45, 7) is 2.76. The Kier molecular flexibility index (Phi) is 5.46. The van der Waals surface area contributed by atoms with E-state index in [0.29, 0.717) is 57.7 Å². The summed E-state index contributed by atoms with van der Waals surface area (Å²) in [7, 11) is 1.44. The van der Waals surface area contributed by atoms with Crippen LogP contribution in [0.2, 0.25) is 5.02 Å². The molecule has 0 saturated carbocycles. The van der Waals surface area contributed by atoms with Gasteiger partial charge >= 0.3 is 5.69 Å². The van der Waals surface area contributed by atoms with E-state index >= 15 is 0 Å². The summed E-state index contributed by atoms with van der Waals surface area (Å²) in [4.78, 5) is 46.7. The Labute approximate surface area is 209 Å². The monoisotopic (exact) mass is 501 g/mol. The first kappa shape index (κ1) is 22.3. The predicted octanol–water partition coefficient (Wildman–Crippen LogP) is 2.58. The summed E-state index contributed by atoms with van der Waals surface area (Å²) in [5.74, 6) is 0.633. The smallest absolute Gasteiger partial charge is 0.335 e. The van der Waals surface area contributed by atoms with E-state index in [9.17, 15) is 9.59 Å². The molecule has 0 radical (unpaired) electrons. The topological polar surface area (TPSA) is 108 Å². The van der Waals surface area contributed by atoms with Gasteiger partial charge < -0.3 is 9.64 Å². The first-order valence-corrected chi connectivity index (χ1v) is 11.7. The minimum Gasteiger partial charge on any atom is -0.378 e. The minimum atomic E-state index is -0.507. The fourth-order valence-electron chi connectivity index (χ4n) is 4.34. The third-order valence-electron chi connectivity index (χ3n) is 6.22. The summed E-state index contributed by atoms with van der Waals surface area (Å²) < 4.78 is 7.89. The quantitative estimate of drug-likeness (QED) is 0.347. The summed E-state index contributed by atoms with van der Waals surface area (Å²) in [5, 5.41) is 0.735. The molecule has 36 heavy (non-hydrogen) atoms. The molecule has 6 rings (SSSR count). The maximum absolute atomic E-state index is 13.3. The number of benzene rings is 1. The molecule has 0 unspecified atom stereocenters. The predicted molar refractivity (Wildman–Crippen MR) is 137 cm³/mol. The lowest BCUT2D eigenvalue weighted by Crippen LogP contribution is -2.37. The number of anilines is 1. The number of pyridine rings is 2. The van der Waals surface area contributed by atoms with Crippen molar-refractivity contribution >= 4 is 39.5 Å². The second-order valence-corrected chi connectivity index (χ2v) is 8.85. The third kappa shape index (κ3) is 3.71. The molecular weight excluding hydrogens is 482 g/mol. The van der Waals surface area contributed by atoms with Crippen molar-refractivity contribution in [2.24, 2.45) is 7.05 Å². The van der Waals surface area contributed by atoms with Gasteiger partial charge in [-0.3, -0.25) is 18.9 Å². The first-order chi connectivity index (χ1) is 17.5. The van der Waals surface area contributed by atoms with Crippen molar-refractivity contribution in [2.75, 3.05) is 31.2 Å². The summed E-state index contributed by atoms with van der Waals surface area (Å²) in [6.07, 6.45) is 4.91. The number of nitrogens with zero attached hydrogens (tertiary/aromatic N) is 7. The highest BCUT2D eigenvalue weighted by Crippen LogP contribution is 2.26. The Morgan fingerprint density at radius 3 is 2.50 bits per heavy atom. The zero-order valence-electron chi connectivity index (χ0n) is 19.3. The van der Waals surface area contributed by atoms with Gasteiger partial charge in [0.1, 0.15) is 5.52 Å². The molecule has 0 atom stereocenters. The van der Waals surface area contributed by atoms with Crippen LogP contribution in [0.15, 0.2) is 64.6 Å². The Hall–Kier alpha value is -4.15. The van der Waals surface area contributed by atoms with E-state index < -0.39 is 11.2 Å². The van der Waals surface area contributed by atoms with Gasteiger partial charge in [0.25, 0.3) is 5.56 Å². The van der Waals surface area contributed by atoms with Crippen LogP contribution in [0.5, 0.6) is 0 Å². The van der Waals surface area contributed by atoms with Crippen LogP contribution in [0, 0.1) is 0 Å². The zero-order valence-corrected chi connectivity index (χ0v) is 20.0. The molecule has 1 saturated heterocycles. The fourth-order valence-corrected chi connectivity index (χ4v) is 4.53. The maximum Gasteiger partial charge on any atom is 0.335 e. The Morgan fingerprint density at radius 2 is 1.75 bits per heavy atom. The Balaban J connectivity index is 1.57. The summed E-state index contributed by atoms with van der Waals surface area (Å²) in [6, 6.07) is 10.5. The van der Waals surface area contributed by atoms with Crippen LogP contribution >= 0.6 is 11.6 Å². The molecule has 180 valence electrons. The summed E-state index contributed by atoms with van der Waals surface area (Å²) >= 11 is 6.23. The van der Waals surface area contributed by atoms with E-state index in [4.69, 9.17) is 21.3 Å². The van der Waals surface area contributed by atoms with E-state index in [1.165, 1.54) is 17.8 Å². The molecule has 0 bridgehead atoms. The molecule has 1 aliphatic heterocycles. The third-order valence-corrected chi connectivity index (χ3v) is 6.45. The molecule has 0 amide bonds. The van der Waals surface area contributed by atoms with Crippen LogP contribution in [0.25, 0.3) is 38.9 Å². The van der Waals surface area contributed by atoms with Gasteiger partial charge in [-0.25, -0.2) is 19.7 Å². The number of halogens is 1. The Morgan fingerprint density at radius 1 is 0.972 bits per heavy atom. The molecule has 11 heteroatoms. The lowest BCUT2D eigenvalue weighted by atomic mass is 10.1. The van der Waals surface area contributed by atoms with Crippen LogP contribution in [0.4, 0.5) is 5.95 Å². The van der Waals surface area contributed by atoms with Crippen LogP contribution in [-0.2, 0) is 11.8 Å². The highest BCUT2D eigenvalue weighted by Gasteiger charge is 2.18. The van der Waals surface area contributed by atoms with Crippen LogP contribution < -0.4 is 16.1 Å². The van der Waals surface area contributed by atoms with Crippen molar-refractivity contribution in [3.05, 3.63) is 80.8 Å². The Bertz CT molecular complexity index is 1740. The van der Waals surface area contributed by atoms with Gasteiger partial charge in [0.2, 0.25) is 5.95 Å². The van der Waals surface area contributed by atoms with Gasteiger partial charge in [-0.2, -0.15) is 0 Å². The largest absolute Gasteiger partial charge is 0.378 e. The number of rotatable bonds is 3. The normalized spacial score (nSPS) is 14.0. The number of ether oxygens (including phenoxy) is 1. The van der Waals surface area contributed by atoms with Gasteiger partial charge in [-0.05, 0) is 30.3 Å². The lowest BCUT2D eigenvalue weighted by Gasteiger charge is -2.26. The van der Waals surface area contributed by atoms with Crippen molar-refractivity contribution < 1.29 is 4.74 Å². The highest BCUT2D eigenvalue weighted by atomic mass is 35.5. The van der Waals surface area contributed by atoms with E-state index in [1.807, 2.05) is 6.07 Å². The maximum atomic E-state index is 13.3. The van der Waals surface area contributed by atoms with E-state index in [-0.39, 0.29) is 5.39 Å². The molecule has 0 spiro atoms. The molecule has 1 aromatic carbocycles. The fraction of sp³-hybridized carbons (Fsp3) is 0.200. The lowest BCUT2D eigenvalue weighted by molar-refractivity contribution is 0.122. The van der Waals surface area contributed by atoms with Gasteiger partial charge in [0.05, 0.1) is 41.0 Å². The second kappa shape index (κ2) is 8.81. The minimum absolute atomic E-state index is 0.271. The number of aromatic nitrogens is 6. The average molecular weight is 502 g/mol. The van der Waals surface area contributed by atoms with Crippen molar-refractivity contribution in [1.82, 2.24) is 29.1 Å². The molecule has 5 heterocycles. The molecule has 0 N–H and O–H groups in total. The highest BCUT2D eigenvalue weighted by molar-refractivity contribution is 6.30. The van der Waals surface area contributed by atoms with Crippen molar-refractivity contribution in [3.63, 3.8) is 0 Å². The van der Waals surface area contributed by atoms with Crippen LogP contribution in [-0.4, -0.2) is 55.4 Å². The zero-order chi connectivity index (χ0) is 24.8. The molecule has 1 aliphatic rings. The molecule has 10 nitrogen and oxygen atoms in total. The summed E-state index contributed by atoms with van der Waals surface area (Å²) in [5.41, 5.74) is 2.18. The van der Waals surface area contributed by atoms with Gasteiger partial charge in [-0.15, -0.1) is 0 Å². The van der Waals surface area contributed by atoms with Gasteiger partial charge in [0, 0.05) is 49.3 Å². The molecule has 4 aromatic heterocycles. The van der Waals surface area contributed by atoms with E-state index in [2.05, 4.69) is 19.9 Å². The van der Waals surface area contributed by atoms with Gasteiger partial charge in [-0.1, -0.05) is 17.7 Å². The van der Waals surface area contributed by atoms with Crippen molar-refractivity contribution in [1.29, 1.82) is 0 Å². The SMILES string of the molecule is Cn1c(=O)c2cnc3ccc(-c4cnc(N5CCOCC5)nc4)nc3c2n(-c2cccc(Cl)c2)c1=O. The van der Waals surface area contributed by atoms with Crippen molar-refractivity contribution in [2.45, 2.75) is 0 Å². The van der Waals surface area contributed by atoms with Crippen molar-refractivity contribution in [3.8, 4) is 16.9 Å². The van der Waals surface area contributed by atoms with Crippen LogP contribution in [0.1, 0.15) is 0 Å². The number of fused-ring (bicyclic) bond motifs is 3. The molecule has 0 aliphatic carbocycles. The number of hydrogen-bond donors (Lipinski definition) is 0.